The van der Waals surface area contributed by atoms with Crippen LogP contribution in [0.4, 0.5) is 10.1 Å². The second-order valence-corrected chi connectivity index (χ2v) is 5.92. The van der Waals surface area contributed by atoms with E-state index in [-0.39, 0.29) is 28.3 Å². The van der Waals surface area contributed by atoms with E-state index >= 15 is 0 Å². The molecule has 0 heterocycles. The highest BCUT2D eigenvalue weighted by atomic mass is 32.2. The van der Waals surface area contributed by atoms with Crippen LogP contribution in [-0.4, -0.2) is 21.9 Å². The van der Waals surface area contributed by atoms with Gasteiger partial charge < -0.3 is 11.1 Å². The average Bonchev–Trinajstić information content (AvgIpc) is 2.27. The lowest BCUT2D eigenvalue weighted by Crippen LogP contribution is -2.35. The summed E-state index contributed by atoms with van der Waals surface area (Å²) in [6.07, 6.45) is 1.83. The van der Waals surface area contributed by atoms with Crippen molar-refractivity contribution >= 4 is 22.4 Å². The highest BCUT2D eigenvalue weighted by molar-refractivity contribution is 7.85. The fourth-order valence-electron chi connectivity index (χ4n) is 1.74. The molecule has 0 radical (unpaired) electrons. The molecule has 2 unspecified atom stereocenters. The number of hydrogen-bond acceptors (Lipinski definition) is 3. The van der Waals surface area contributed by atoms with Crippen LogP contribution >= 0.6 is 0 Å². The molecule has 0 aliphatic carbocycles. The van der Waals surface area contributed by atoms with Crippen LogP contribution in [0.15, 0.2) is 23.1 Å². The molecule has 6 heteroatoms. The van der Waals surface area contributed by atoms with Gasteiger partial charge in [0.15, 0.2) is 0 Å². The average molecular weight is 286 g/mol. The van der Waals surface area contributed by atoms with Gasteiger partial charge in [0.25, 0.3) is 0 Å². The van der Waals surface area contributed by atoms with E-state index in [2.05, 4.69) is 5.32 Å². The molecule has 3 N–H and O–H groups in total. The quantitative estimate of drug-likeness (QED) is 0.784. The summed E-state index contributed by atoms with van der Waals surface area (Å²) in [4.78, 5) is 11.9. The van der Waals surface area contributed by atoms with Crippen molar-refractivity contribution in [2.24, 2.45) is 0 Å². The molecule has 0 aliphatic rings. The van der Waals surface area contributed by atoms with Gasteiger partial charge in [0.05, 0.1) is 10.8 Å². The number of halogens is 1. The van der Waals surface area contributed by atoms with Gasteiger partial charge in [0.2, 0.25) is 5.91 Å². The van der Waals surface area contributed by atoms with Gasteiger partial charge in [-0.05, 0) is 31.5 Å². The van der Waals surface area contributed by atoms with Crippen molar-refractivity contribution in [1.82, 2.24) is 5.32 Å². The molecule has 0 spiro atoms. The minimum Gasteiger partial charge on any atom is -0.399 e. The summed E-state index contributed by atoms with van der Waals surface area (Å²) in [5.41, 5.74) is 5.67. The summed E-state index contributed by atoms with van der Waals surface area (Å²) in [5, 5.41) is 2.75. The largest absolute Gasteiger partial charge is 0.399 e. The summed E-state index contributed by atoms with van der Waals surface area (Å²) in [6, 6.07) is 3.74. The molecule has 19 heavy (non-hydrogen) atoms. The lowest BCUT2D eigenvalue weighted by Gasteiger charge is -2.12. The Labute approximate surface area is 115 Å². The molecule has 1 aromatic rings. The first-order valence-corrected chi connectivity index (χ1v) is 7.48. The normalized spacial score (nSPS) is 13.8. The Morgan fingerprint density at radius 3 is 2.74 bits per heavy atom. The molecule has 0 aromatic heterocycles. The fraction of sp³-hybridized carbons (Fsp3) is 0.462. The van der Waals surface area contributed by atoms with Crippen LogP contribution in [-0.2, 0) is 15.6 Å². The number of benzene rings is 1. The Bertz CT molecular complexity index is 459. The molecule has 106 valence electrons. The SMILES string of the molecule is CCCC(C)NC(=O)CS(=O)c1cc(N)cc(F)c1. The fourth-order valence-corrected chi connectivity index (χ4v) is 2.74. The summed E-state index contributed by atoms with van der Waals surface area (Å²) in [6.45, 7) is 3.92. The molecule has 4 nitrogen and oxygen atoms in total. The maximum absolute atomic E-state index is 13.1. The van der Waals surface area contributed by atoms with E-state index in [1.807, 2.05) is 13.8 Å². The second kappa shape index (κ2) is 7.23. The van der Waals surface area contributed by atoms with Gasteiger partial charge in [0, 0.05) is 16.6 Å². The van der Waals surface area contributed by atoms with Crippen LogP contribution in [0.25, 0.3) is 0 Å². The number of hydrogen-bond donors (Lipinski definition) is 2. The van der Waals surface area contributed by atoms with Gasteiger partial charge in [-0.15, -0.1) is 0 Å². The molecule has 1 rings (SSSR count). The third kappa shape index (κ3) is 5.38. The molecule has 0 aliphatic heterocycles. The Kier molecular flexibility index (Phi) is 5.95. The third-order valence-corrected chi connectivity index (χ3v) is 3.83. The van der Waals surface area contributed by atoms with Gasteiger partial charge in [-0.1, -0.05) is 13.3 Å². The van der Waals surface area contributed by atoms with Crippen LogP contribution in [0.2, 0.25) is 0 Å². The zero-order chi connectivity index (χ0) is 14.4. The highest BCUT2D eigenvalue weighted by Crippen LogP contribution is 2.14. The first-order chi connectivity index (χ1) is 8.92. The summed E-state index contributed by atoms with van der Waals surface area (Å²) in [7, 11) is -1.59. The van der Waals surface area contributed by atoms with Gasteiger partial charge in [0.1, 0.15) is 11.6 Å². The minimum absolute atomic E-state index is 0.0482. The summed E-state index contributed by atoms with van der Waals surface area (Å²) >= 11 is 0. The van der Waals surface area contributed by atoms with E-state index in [0.717, 1.165) is 25.0 Å². The Morgan fingerprint density at radius 2 is 2.16 bits per heavy atom. The smallest absolute Gasteiger partial charge is 0.233 e. The topological polar surface area (TPSA) is 72.2 Å². The molecule has 0 fully saturated rings. The predicted octanol–water partition coefficient (Wildman–Crippen LogP) is 1.82. The van der Waals surface area contributed by atoms with Crippen LogP contribution < -0.4 is 11.1 Å². The third-order valence-electron chi connectivity index (χ3n) is 2.55. The monoisotopic (exact) mass is 286 g/mol. The lowest BCUT2D eigenvalue weighted by atomic mass is 10.2. The van der Waals surface area contributed by atoms with E-state index in [4.69, 9.17) is 5.73 Å². The summed E-state index contributed by atoms with van der Waals surface area (Å²) in [5.74, 6) is -1.04. The van der Waals surface area contributed by atoms with Crippen molar-refractivity contribution < 1.29 is 13.4 Å². The number of nitrogen functional groups attached to an aromatic ring is 1. The van der Waals surface area contributed by atoms with Gasteiger partial charge >= 0.3 is 0 Å². The van der Waals surface area contributed by atoms with Crippen LogP contribution in [0.5, 0.6) is 0 Å². The lowest BCUT2D eigenvalue weighted by molar-refractivity contribution is -0.119. The highest BCUT2D eigenvalue weighted by Gasteiger charge is 2.13. The maximum Gasteiger partial charge on any atom is 0.233 e. The Morgan fingerprint density at radius 1 is 1.47 bits per heavy atom. The first kappa shape index (κ1) is 15.6. The van der Waals surface area contributed by atoms with Crippen molar-refractivity contribution in [2.45, 2.75) is 37.6 Å². The van der Waals surface area contributed by atoms with Crippen molar-refractivity contribution in [3.8, 4) is 0 Å². The summed E-state index contributed by atoms with van der Waals surface area (Å²) < 4.78 is 25.0. The number of rotatable bonds is 6. The Balaban J connectivity index is 2.61. The van der Waals surface area contributed by atoms with Crippen molar-refractivity contribution in [3.63, 3.8) is 0 Å². The standard InChI is InChI=1S/C13H19FN2O2S/c1-3-4-9(2)16-13(17)8-19(18)12-6-10(14)5-11(15)7-12/h5-7,9H,3-4,8,15H2,1-2H3,(H,16,17). The van der Waals surface area contributed by atoms with Crippen molar-refractivity contribution in [2.75, 3.05) is 11.5 Å². The van der Waals surface area contributed by atoms with Gasteiger partial charge in [-0.3, -0.25) is 9.00 Å². The molecule has 2 atom stereocenters. The van der Waals surface area contributed by atoms with E-state index in [0.29, 0.717) is 0 Å². The van der Waals surface area contributed by atoms with E-state index in [1.165, 1.54) is 6.07 Å². The number of nitrogens with one attached hydrogen (secondary N) is 1. The number of amides is 1. The molecule has 0 saturated heterocycles. The zero-order valence-electron chi connectivity index (χ0n) is 11.1. The van der Waals surface area contributed by atoms with E-state index in [1.54, 1.807) is 0 Å². The number of carbonyl (C=O) groups is 1. The molecule has 1 aromatic carbocycles. The van der Waals surface area contributed by atoms with Crippen LogP contribution in [0.1, 0.15) is 26.7 Å². The van der Waals surface area contributed by atoms with Crippen molar-refractivity contribution in [1.29, 1.82) is 0 Å². The van der Waals surface area contributed by atoms with Crippen LogP contribution in [0, 0.1) is 5.82 Å². The van der Waals surface area contributed by atoms with Gasteiger partial charge in [-0.2, -0.15) is 0 Å². The maximum atomic E-state index is 13.1. The van der Waals surface area contributed by atoms with Crippen LogP contribution in [0.3, 0.4) is 0 Å². The van der Waals surface area contributed by atoms with Crippen molar-refractivity contribution in [3.05, 3.63) is 24.0 Å². The van der Waals surface area contributed by atoms with E-state index in [9.17, 15) is 13.4 Å². The second-order valence-electron chi connectivity index (χ2n) is 4.47. The van der Waals surface area contributed by atoms with E-state index < -0.39 is 16.6 Å². The van der Waals surface area contributed by atoms with Gasteiger partial charge in [-0.25, -0.2) is 4.39 Å². The number of anilines is 1. The molecular weight excluding hydrogens is 267 g/mol. The molecular formula is C13H19FN2O2S. The molecule has 1 amide bonds. The zero-order valence-corrected chi connectivity index (χ0v) is 11.9. The number of carbonyl (C=O) groups excluding carboxylic acids is 1. The minimum atomic E-state index is -1.59. The first-order valence-electron chi connectivity index (χ1n) is 6.16. The molecule has 0 saturated carbocycles. The molecule has 0 bridgehead atoms. The predicted molar refractivity (Wildman–Crippen MR) is 74.6 cm³/mol. The number of nitrogens with two attached hydrogens (primary N) is 1. The Hall–Kier alpha value is -1.43.